The fraction of sp³-hybridized carbons (Fsp3) is 0.500. The van der Waals surface area contributed by atoms with E-state index in [2.05, 4.69) is 22.0 Å². The molecule has 0 amide bonds. The molecule has 1 aliphatic rings. The molecule has 0 N–H and O–H groups in total. The second-order valence-electron chi connectivity index (χ2n) is 5.14. The lowest BCUT2D eigenvalue weighted by molar-refractivity contribution is 0.713. The van der Waals surface area contributed by atoms with Gasteiger partial charge >= 0.3 is 0 Å². The van der Waals surface area contributed by atoms with Gasteiger partial charge in [0.1, 0.15) is 11.2 Å². The Bertz CT molecular complexity index is 756. The van der Waals surface area contributed by atoms with Crippen molar-refractivity contribution in [2.24, 2.45) is 0 Å². The van der Waals surface area contributed by atoms with E-state index in [1.807, 2.05) is 15.9 Å². The summed E-state index contributed by atoms with van der Waals surface area (Å²) in [6, 6.07) is 0. The summed E-state index contributed by atoms with van der Waals surface area (Å²) in [5.41, 5.74) is 2.49. The van der Waals surface area contributed by atoms with Crippen LogP contribution in [0.2, 0.25) is 0 Å². The van der Waals surface area contributed by atoms with Gasteiger partial charge in [0.25, 0.3) is 0 Å². The van der Waals surface area contributed by atoms with Gasteiger partial charge < -0.3 is 0 Å². The Morgan fingerprint density at radius 1 is 1.26 bits per heavy atom. The maximum absolute atomic E-state index is 4.69. The summed E-state index contributed by atoms with van der Waals surface area (Å²) in [4.78, 5) is 11.9. The molecule has 0 fully saturated rings. The maximum atomic E-state index is 4.69. The van der Waals surface area contributed by atoms with Crippen LogP contribution in [0.5, 0.6) is 0 Å². The quantitative estimate of drug-likeness (QED) is 0.639. The van der Waals surface area contributed by atoms with Crippen LogP contribution in [-0.2, 0) is 19.3 Å². The lowest BCUT2D eigenvalue weighted by atomic mass is 10.1. The largest absolute Gasteiger partial charge is 0.225 e. The molecule has 3 aromatic rings. The standard InChI is InChI=1S/C14H16N4S/c1-2-11-16-13-12-9-6-4-3-5-7-10(9)19-14(12)15-8-18(13)17-11/h8H,2-7H2,1H3. The first-order valence-electron chi connectivity index (χ1n) is 7.01. The summed E-state index contributed by atoms with van der Waals surface area (Å²) in [7, 11) is 0. The first-order valence-corrected chi connectivity index (χ1v) is 7.83. The van der Waals surface area contributed by atoms with Crippen molar-refractivity contribution in [3.05, 3.63) is 22.6 Å². The van der Waals surface area contributed by atoms with Gasteiger partial charge in [-0.15, -0.1) is 16.4 Å². The summed E-state index contributed by atoms with van der Waals surface area (Å²) in [6.07, 6.45) is 8.99. The molecule has 0 atom stereocenters. The first-order chi connectivity index (χ1) is 9.36. The molecule has 0 aliphatic heterocycles. The van der Waals surface area contributed by atoms with E-state index < -0.39 is 0 Å². The van der Waals surface area contributed by atoms with Gasteiger partial charge in [-0.05, 0) is 31.2 Å². The maximum Gasteiger partial charge on any atom is 0.167 e. The third-order valence-electron chi connectivity index (χ3n) is 3.90. The van der Waals surface area contributed by atoms with Gasteiger partial charge in [-0.2, -0.15) is 0 Å². The van der Waals surface area contributed by atoms with Crippen LogP contribution in [0, 0.1) is 0 Å². The van der Waals surface area contributed by atoms with E-state index in [4.69, 9.17) is 0 Å². The number of nitrogens with zero attached hydrogens (tertiary/aromatic N) is 4. The Morgan fingerprint density at radius 2 is 2.16 bits per heavy atom. The average molecular weight is 272 g/mol. The Morgan fingerprint density at radius 3 is 3.05 bits per heavy atom. The van der Waals surface area contributed by atoms with E-state index in [1.54, 1.807) is 6.33 Å². The Kier molecular flexibility index (Phi) is 2.55. The monoisotopic (exact) mass is 272 g/mol. The fourth-order valence-electron chi connectivity index (χ4n) is 2.93. The third-order valence-corrected chi connectivity index (χ3v) is 5.10. The normalized spacial score (nSPS) is 15.8. The minimum absolute atomic E-state index is 0.871. The van der Waals surface area contributed by atoms with Gasteiger partial charge in [0.05, 0.1) is 5.39 Å². The average Bonchev–Trinajstić information content (AvgIpc) is 2.92. The van der Waals surface area contributed by atoms with Crippen LogP contribution in [0.1, 0.15) is 42.5 Å². The second-order valence-corrected chi connectivity index (χ2v) is 6.22. The molecular weight excluding hydrogens is 256 g/mol. The van der Waals surface area contributed by atoms with Crippen molar-refractivity contribution in [1.29, 1.82) is 0 Å². The summed E-state index contributed by atoms with van der Waals surface area (Å²) in [5.74, 6) is 0.905. The van der Waals surface area contributed by atoms with E-state index in [1.165, 1.54) is 47.9 Å². The smallest absolute Gasteiger partial charge is 0.167 e. The number of hydrogen-bond donors (Lipinski definition) is 0. The summed E-state index contributed by atoms with van der Waals surface area (Å²) < 4.78 is 1.85. The van der Waals surface area contributed by atoms with E-state index in [0.717, 1.165) is 22.7 Å². The number of hydrogen-bond acceptors (Lipinski definition) is 4. The van der Waals surface area contributed by atoms with Crippen molar-refractivity contribution in [1.82, 2.24) is 19.6 Å². The molecule has 0 saturated heterocycles. The van der Waals surface area contributed by atoms with Gasteiger partial charge in [-0.1, -0.05) is 13.3 Å². The molecule has 4 nitrogen and oxygen atoms in total. The molecule has 0 saturated carbocycles. The lowest BCUT2D eigenvalue weighted by Crippen LogP contribution is -1.92. The molecule has 0 aromatic carbocycles. The molecule has 1 aliphatic carbocycles. The minimum Gasteiger partial charge on any atom is -0.225 e. The van der Waals surface area contributed by atoms with Crippen LogP contribution in [0.15, 0.2) is 6.33 Å². The van der Waals surface area contributed by atoms with Gasteiger partial charge in [0, 0.05) is 11.3 Å². The fourth-order valence-corrected chi connectivity index (χ4v) is 4.15. The Balaban J connectivity index is 2.07. The van der Waals surface area contributed by atoms with Crippen LogP contribution in [0.4, 0.5) is 0 Å². The predicted molar refractivity (Wildman–Crippen MR) is 76.8 cm³/mol. The Labute approximate surface area is 115 Å². The second kappa shape index (κ2) is 4.27. The van der Waals surface area contributed by atoms with E-state index >= 15 is 0 Å². The highest BCUT2D eigenvalue weighted by atomic mass is 32.1. The summed E-state index contributed by atoms with van der Waals surface area (Å²) >= 11 is 1.85. The zero-order valence-corrected chi connectivity index (χ0v) is 11.8. The van der Waals surface area contributed by atoms with Crippen molar-refractivity contribution < 1.29 is 0 Å². The Hall–Kier alpha value is -1.49. The molecule has 0 bridgehead atoms. The van der Waals surface area contributed by atoms with Crippen LogP contribution in [0.3, 0.4) is 0 Å². The zero-order valence-electron chi connectivity index (χ0n) is 11.0. The van der Waals surface area contributed by atoms with Crippen LogP contribution >= 0.6 is 11.3 Å². The SMILES string of the molecule is CCc1nc2c3c4c(sc3ncn2n1)CCCCC4. The molecule has 3 aromatic heterocycles. The zero-order chi connectivity index (χ0) is 12.8. The molecule has 19 heavy (non-hydrogen) atoms. The topological polar surface area (TPSA) is 43.1 Å². The first kappa shape index (κ1) is 11.3. The highest BCUT2D eigenvalue weighted by molar-refractivity contribution is 7.19. The number of aryl methyl sites for hydroxylation is 3. The van der Waals surface area contributed by atoms with E-state index in [-0.39, 0.29) is 0 Å². The lowest BCUT2D eigenvalue weighted by Gasteiger charge is -1.98. The number of fused-ring (bicyclic) bond motifs is 5. The van der Waals surface area contributed by atoms with Crippen LogP contribution in [0.25, 0.3) is 15.9 Å². The van der Waals surface area contributed by atoms with E-state index in [9.17, 15) is 0 Å². The molecule has 4 rings (SSSR count). The molecule has 5 heteroatoms. The minimum atomic E-state index is 0.871. The third kappa shape index (κ3) is 1.68. The highest BCUT2D eigenvalue weighted by Crippen LogP contribution is 2.36. The van der Waals surface area contributed by atoms with Crippen LogP contribution in [-0.4, -0.2) is 19.6 Å². The number of rotatable bonds is 1. The van der Waals surface area contributed by atoms with Crippen molar-refractivity contribution in [3.63, 3.8) is 0 Å². The molecule has 3 heterocycles. The predicted octanol–water partition coefficient (Wildman–Crippen LogP) is 3.17. The van der Waals surface area contributed by atoms with Gasteiger partial charge in [0.2, 0.25) is 0 Å². The van der Waals surface area contributed by atoms with Gasteiger partial charge in [0.15, 0.2) is 11.5 Å². The van der Waals surface area contributed by atoms with E-state index in [0.29, 0.717) is 0 Å². The van der Waals surface area contributed by atoms with Crippen molar-refractivity contribution >= 4 is 27.2 Å². The summed E-state index contributed by atoms with van der Waals surface area (Å²) in [5, 5.41) is 5.74. The number of thiophene rings is 1. The highest BCUT2D eigenvalue weighted by Gasteiger charge is 2.19. The molecular formula is C14H16N4S. The van der Waals surface area contributed by atoms with Gasteiger partial charge in [-0.25, -0.2) is 14.5 Å². The van der Waals surface area contributed by atoms with Crippen molar-refractivity contribution in [2.75, 3.05) is 0 Å². The molecule has 98 valence electrons. The van der Waals surface area contributed by atoms with Crippen molar-refractivity contribution in [2.45, 2.75) is 45.4 Å². The molecule has 0 spiro atoms. The molecule has 0 unspecified atom stereocenters. The van der Waals surface area contributed by atoms with Gasteiger partial charge in [-0.3, -0.25) is 0 Å². The summed E-state index contributed by atoms with van der Waals surface area (Å²) in [6.45, 7) is 2.09. The van der Waals surface area contributed by atoms with Crippen molar-refractivity contribution in [3.8, 4) is 0 Å². The number of aromatic nitrogens is 4. The van der Waals surface area contributed by atoms with Crippen LogP contribution < -0.4 is 0 Å². The molecule has 0 radical (unpaired) electrons.